The van der Waals surface area contributed by atoms with Crippen LogP contribution in [0.5, 0.6) is 0 Å². The molecule has 0 saturated carbocycles. The third-order valence-electron chi connectivity index (χ3n) is 3.49. The van der Waals surface area contributed by atoms with Crippen LogP contribution in [0.15, 0.2) is 52.5 Å². The Morgan fingerprint density at radius 3 is 2.95 bits per heavy atom. The Bertz CT molecular complexity index is 861. The summed E-state index contributed by atoms with van der Waals surface area (Å²) in [7, 11) is 0. The number of aromatic amines is 1. The summed E-state index contributed by atoms with van der Waals surface area (Å²) >= 11 is 1.62. The van der Waals surface area contributed by atoms with Crippen molar-refractivity contribution >= 4 is 22.2 Å². The van der Waals surface area contributed by atoms with Crippen LogP contribution in [0.4, 0.5) is 0 Å². The van der Waals surface area contributed by atoms with E-state index in [9.17, 15) is 0 Å². The Morgan fingerprint density at radius 2 is 2.05 bits per heavy atom. The second-order valence-corrected chi connectivity index (χ2v) is 5.80. The van der Waals surface area contributed by atoms with Crippen molar-refractivity contribution in [2.45, 2.75) is 12.8 Å². The zero-order chi connectivity index (χ0) is 14.1. The van der Waals surface area contributed by atoms with Crippen molar-refractivity contribution in [3.8, 4) is 10.7 Å². The van der Waals surface area contributed by atoms with Crippen molar-refractivity contribution < 1.29 is 4.52 Å². The number of nitrogens with zero attached hydrogens (tertiary/aromatic N) is 2. The first-order chi connectivity index (χ1) is 10.4. The highest BCUT2D eigenvalue weighted by Crippen LogP contribution is 2.22. The number of aromatic nitrogens is 3. The number of para-hydroxylation sites is 1. The number of hydrogen-bond acceptors (Lipinski definition) is 4. The standard InChI is InChI=1S/C16H13N3OS/c1-2-5-13-12(4-1)11(10-17-13)7-8-15-18-16(19-20-15)14-6-3-9-21-14/h1-6,9-10,17H,7-8H2. The van der Waals surface area contributed by atoms with Gasteiger partial charge >= 0.3 is 0 Å². The molecule has 1 aromatic carbocycles. The van der Waals surface area contributed by atoms with Gasteiger partial charge in [-0.15, -0.1) is 11.3 Å². The molecule has 0 aliphatic carbocycles. The monoisotopic (exact) mass is 295 g/mol. The number of nitrogens with one attached hydrogen (secondary N) is 1. The first-order valence-corrected chi connectivity index (χ1v) is 7.69. The van der Waals surface area contributed by atoms with E-state index >= 15 is 0 Å². The highest BCUT2D eigenvalue weighted by atomic mass is 32.1. The van der Waals surface area contributed by atoms with Crippen LogP contribution in [0.3, 0.4) is 0 Å². The Morgan fingerprint density at radius 1 is 1.10 bits per heavy atom. The lowest BCUT2D eigenvalue weighted by Crippen LogP contribution is -1.90. The topological polar surface area (TPSA) is 54.7 Å². The summed E-state index contributed by atoms with van der Waals surface area (Å²) < 4.78 is 5.33. The molecule has 0 aliphatic rings. The highest BCUT2D eigenvalue weighted by Gasteiger charge is 2.10. The number of fused-ring (bicyclic) bond motifs is 1. The molecule has 104 valence electrons. The van der Waals surface area contributed by atoms with Gasteiger partial charge in [0.1, 0.15) is 0 Å². The summed E-state index contributed by atoms with van der Waals surface area (Å²) in [6, 6.07) is 12.3. The highest BCUT2D eigenvalue weighted by molar-refractivity contribution is 7.13. The van der Waals surface area contributed by atoms with Gasteiger partial charge in [0, 0.05) is 23.5 Å². The number of benzene rings is 1. The van der Waals surface area contributed by atoms with Crippen LogP contribution in [0.2, 0.25) is 0 Å². The van der Waals surface area contributed by atoms with Gasteiger partial charge in [-0.3, -0.25) is 0 Å². The van der Waals surface area contributed by atoms with E-state index < -0.39 is 0 Å². The predicted molar refractivity (Wildman–Crippen MR) is 83.3 cm³/mol. The quantitative estimate of drug-likeness (QED) is 0.617. The summed E-state index contributed by atoms with van der Waals surface area (Å²) in [5.74, 6) is 1.36. The van der Waals surface area contributed by atoms with Crippen LogP contribution in [-0.2, 0) is 12.8 Å². The fourth-order valence-electron chi connectivity index (χ4n) is 2.44. The molecular weight excluding hydrogens is 282 g/mol. The average Bonchev–Trinajstić information content (AvgIpc) is 3.25. The van der Waals surface area contributed by atoms with Gasteiger partial charge in [-0.25, -0.2) is 0 Å². The largest absolute Gasteiger partial charge is 0.361 e. The number of hydrogen-bond donors (Lipinski definition) is 1. The van der Waals surface area contributed by atoms with Gasteiger partial charge < -0.3 is 9.51 Å². The molecule has 0 atom stereocenters. The minimum Gasteiger partial charge on any atom is -0.361 e. The lowest BCUT2D eigenvalue weighted by molar-refractivity contribution is 0.379. The van der Waals surface area contributed by atoms with Crippen LogP contribution in [0, 0.1) is 0 Å². The lowest BCUT2D eigenvalue weighted by Gasteiger charge is -1.95. The maximum atomic E-state index is 5.33. The zero-order valence-electron chi connectivity index (χ0n) is 11.2. The molecule has 3 heterocycles. The summed E-state index contributed by atoms with van der Waals surface area (Å²) in [5.41, 5.74) is 2.44. The molecule has 0 spiro atoms. The van der Waals surface area contributed by atoms with Gasteiger partial charge in [-0.1, -0.05) is 29.4 Å². The fourth-order valence-corrected chi connectivity index (χ4v) is 3.09. The van der Waals surface area contributed by atoms with Crippen LogP contribution >= 0.6 is 11.3 Å². The summed E-state index contributed by atoms with van der Waals surface area (Å²) in [6.07, 6.45) is 3.69. The SMILES string of the molecule is c1csc(-c2noc(CCc3c[nH]c4ccccc34)n2)c1. The minimum atomic E-state index is 0.680. The molecule has 4 nitrogen and oxygen atoms in total. The molecule has 1 N–H and O–H groups in total. The van der Waals surface area contributed by atoms with Crippen molar-refractivity contribution in [1.82, 2.24) is 15.1 Å². The Hall–Kier alpha value is -2.40. The molecule has 0 radical (unpaired) electrons. The van der Waals surface area contributed by atoms with E-state index in [4.69, 9.17) is 4.52 Å². The van der Waals surface area contributed by atoms with Crippen LogP contribution in [0.1, 0.15) is 11.5 Å². The molecule has 0 saturated heterocycles. The van der Waals surface area contributed by atoms with Gasteiger partial charge in [-0.05, 0) is 29.5 Å². The lowest BCUT2D eigenvalue weighted by atomic mass is 10.1. The number of H-pyrrole nitrogens is 1. The van der Waals surface area contributed by atoms with E-state index in [1.807, 2.05) is 23.6 Å². The van der Waals surface area contributed by atoms with E-state index in [-0.39, 0.29) is 0 Å². The molecule has 5 heteroatoms. The van der Waals surface area contributed by atoms with Crippen LogP contribution < -0.4 is 0 Å². The molecule has 4 aromatic rings. The average molecular weight is 295 g/mol. The molecule has 0 amide bonds. The minimum absolute atomic E-state index is 0.680. The Kier molecular flexibility index (Phi) is 3.05. The molecule has 21 heavy (non-hydrogen) atoms. The van der Waals surface area contributed by atoms with E-state index in [2.05, 4.69) is 39.5 Å². The van der Waals surface area contributed by atoms with E-state index in [1.165, 1.54) is 10.9 Å². The van der Waals surface area contributed by atoms with Gasteiger partial charge in [-0.2, -0.15) is 4.98 Å². The summed E-state index contributed by atoms with van der Waals surface area (Å²) in [6.45, 7) is 0. The maximum absolute atomic E-state index is 5.33. The molecule has 3 aromatic heterocycles. The Balaban J connectivity index is 1.52. The first-order valence-electron chi connectivity index (χ1n) is 6.81. The molecule has 0 unspecified atom stereocenters. The number of thiophene rings is 1. The van der Waals surface area contributed by atoms with Crippen molar-refractivity contribution in [1.29, 1.82) is 0 Å². The third-order valence-corrected chi connectivity index (χ3v) is 4.36. The van der Waals surface area contributed by atoms with Crippen LogP contribution in [-0.4, -0.2) is 15.1 Å². The van der Waals surface area contributed by atoms with Crippen molar-refractivity contribution in [2.75, 3.05) is 0 Å². The second kappa shape index (κ2) is 5.18. The number of rotatable bonds is 4. The van der Waals surface area contributed by atoms with Crippen molar-refractivity contribution in [3.63, 3.8) is 0 Å². The van der Waals surface area contributed by atoms with Crippen molar-refractivity contribution in [2.24, 2.45) is 0 Å². The summed E-state index contributed by atoms with van der Waals surface area (Å²) in [4.78, 5) is 8.78. The number of aryl methyl sites for hydroxylation is 2. The normalized spacial score (nSPS) is 11.2. The van der Waals surface area contributed by atoms with Crippen LogP contribution in [0.25, 0.3) is 21.6 Å². The van der Waals surface area contributed by atoms with Gasteiger partial charge in [0.05, 0.1) is 4.88 Å². The molecular formula is C16H13N3OS. The molecule has 0 bridgehead atoms. The van der Waals surface area contributed by atoms with Gasteiger partial charge in [0.25, 0.3) is 0 Å². The molecule has 0 fully saturated rings. The van der Waals surface area contributed by atoms with E-state index in [0.717, 1.165) is 23.2 Å². The smallest absolute Gasteiger partial charge is 0.227 e. The maximum Gasteiger partial charge on any atom is 0.227 e. The van der Waals surface area contributed by atoms with Gasteiger partial charge in [0.15, 0.2) is 0 Å². The van der Waals surface area contributed by atoms with E-state index in [1.54, 1.807) is 11.3 Å². The third kappa shape index (κ3) is 2.36. The van der Waals surface area contributed by atoms with E-state index in [0.29, 0.717) is 11.7 Å². The fraction of sp³-hybridized carbons (Fsp3) is 0.125. The predicted octanol–water partition coefficient (Wildman–Crippen LogP) is 4.06. The van der Waals surface area contributed by atoms with Gasteiger partial charge in [0.2, 0.25) is 11.7 Å². The Labute approximate surface area is 125 Å². The second-order valence-electron chi connectivity index (χ2n) is 4.85. The first kappa shape index (κ1) is 12.3. The summed E-state index contributed by atoms with van der Waals surface area (Å²) in [5, 5.41) is 7.31. The molecule has 0 aliphatic heterocycles. The zero-order valence-corrected chi connectivity index (χ0v) is 12.1. The molecule has 4 rings (SSSR count). The van der Waals surface area contributed by atoms with Crippen molar-refractivity contribution in [3.05, 3.63) is 59.4 Å².